The van der Waals surface area contributed by atoms with Crippen molar-refractivity contribution in [3.8, 4) is 5.75 Å². The van der Waals surface area contributed by atoms with E-state index in [2.05, 4.69) is 10.3 Å². The lowest BCUT2D eigenvalue weighted by molar-refractivity contribution is 0.0947. The molecule has 0 aliphatic rings. The normalized spacial score (nSPS) is 10.8. The highest BCUT2D eigenvalue weighted by molar-refractivity contribution is 6.05. The Morgan fingerprint density at radius 1 is 1.12 bits per heavy atom. The van der Waals surface area contributed by atoms with Crippen molar-refractivity contribution in [1.82, 2.24) is 10.3 Å². The summed E-state index contributed by atoms with van der Waals surface area (Å²) in [5, 5.41) is 4.79. The Morgan fingerprint density at radius 3 is 2.79 bits per heavy atom. The van der Waals surface area contributed by atoms with Gasteiger partial charge in [-0.2, -0.15) is 0 Å². The molecule has 0 saturated heterocycles. The smallest absolute Gasteiger partial charge is 0.270 e. The van der Waals surface area contributed by atoms with E-state index < -0.39 is 0 Å². The molecule has 0 atom stereocenters. The summed E-state index contributed by atoms with van der Waals surface area (Å²) in [6.45, 7) is 4.40. The average Bonchev–Trinajstić information content (AvgIpc) is 2.59. The number of amides is 1. The van der Waals surface area contributed by atoms with E-state index in [9.17, 15) is 4.79 Å². The van der Waals surface area contributed by atoms with Gasteiger partial charge in [0.1, 0.15) is 11.4 Å². The number of aromatic nitrogens is 1. The van der Waals surface area contributed by atoms with Gasteiger partial charge < -0.3 is 10.1 Å². The molecule has 2 aromatic carbocycles. The van der Waals surface area contributed by atoms with Crippen LogP contribution in [0.5, 0.6) is 5.75 Å². The molecule has 1 heterocycles. The molecule has 0 saturated carbocycles. The first-order valence-corrected chi connectivity index (χ1v) is 8.01. The number of nitrogens with zero attached hydrogens (tertiary/aromatic N) is 1. The molecule has 122 valence electrons. The van der Waals surface area contributed by atoms with Gasteiger partial charge in [-0.05, 0) is 43.0 Å². The van der Waals surface area contributed by atoms with Gasteiger partial charge in [-0.15, -0.1) is 0 Å². The minimum Gasteiger partial charge on any atom is -0.491 e. The van der Waals surface area contributed by atoms with Crippen molar-refractivity contribution in [3.05, 3.63) is 72.1 Å². The van der Waals surface area contributed by atoms with Gasteiger partial charge in [-0.1, -0.05) is 36.4 Å². The molecule has 0 radical (unpaired) electrons. The molecule has 0 bridgehead atoms. The maximum Gasteiger partial charge on any atom is 0.270 e. The standard InChI is InChI=1S/C20H20N2O2/c1-14(2)24-17-8-5-6-15(12-17)13-22-20(23)19-18-9-4-3-7-16(18)10-11-21-19/h3-12,14H,13H2,1-2H3,(H,22,23). The Morgan fingerprint density at radius 2 is 1.96 bits per heavy atom. The van der Waals surface area contributed by atoms with Gasteiger partial charge in [0.2, 0.25) is 0 Å². The maximum absolute atomic E-state index is 12.5. The molecule has 4 heteroatoms. The summed E-state index contributed by atoms with van der Waals surface area (Å²) < 4.78 is 5.68. The number of carbonyl (C=O) groups is 1. The van der Waals surface area contributed by atoms with Crippen molar-refractivity contribution in [2.24, 2.45) is 0 Å². The number of benzene rings is 2. The molecule has 0 aliphatic carbocycles. The van der Waals surface area contributed by atoms with Gasteiger partial charge in [0.15, 0.2) is 0 Å². The number of ether oxygens (including phenoxy) is 1. The van der Waals surface area contributed by atoms with Gasteiger partial charge in [-0.3, -0.25) is 9.78 Å². The minimum atomic E-state index is -0.179. The van der Waals surface area contributed by atoms with Gasteiger partial charge in [0, 0.05) is 18.1 Å². The third-order valence-electron chi connectivity index (χ3n) is 3.61. The van der Waals surface area contributed by atoms with Crippen LogP contribution in [0.4, 0.5) is 0 Å². The van der Waals surface area contributed by atoms with Crippen LogP contribution in [0.25, 0.3) is 10.8 Å². The maximum atomic E-state index is 12.5. The van der Waals surface area contributed by atoms with Crippen LogP contribution in [0.3, 0.4) is 0 Å². The van der Waals surface area contributed by atoms with Crippen LogP contribution in [0.2, 0.25) is 0 Å². The zero-order chi connectivity index (χ0) is 16.9. The van der Waals surface area contributed by atoms with Crippen molar-refractivity contribution in [1.29, 1.82) is 0 Å². The van der Waals surface area contributed by atoms with Crippen molar-refractivity contribution >= 4 is 16.7 Å². The largest absolute Gasteiger partial charge is 0.491 e. The van der Waals surface area contributed by atoms with Crippen LogP contribution >= 0.6 is 0 Å². The highest BCUT2D eigenvalue weighted by Crippen LogP contribution is 2.17. The summed E-state index contributed by atoms with van der Waals surface area (Å²) in [6, 6.07) is 17.4. The third kappa shape index (κ3) is 3.71. The third-order valence-corrected chi connectivity index (χ3v) is 3.61. The molecule has 1 amide bonds. The van der Waals surface area contributed by atoms with Crippen molar-refractivity contribution in [2.75, 3.05) is 0 Å². The number of pyridine rings is 1. The van der Waals surface area contributed by atoms with Crippen LogP contribution in [-0.4, -0.2) is 17.0 Å². The summed E-state index contributed by atoms with van der Waals surface area (Å²) in [6.07, 6.45) is 1.78. The topological polar surface area (TPSA) is 51.2 Å². The lowest BCUT2D eigenvalue weighted by atomic mass is 10.1. The molecule has 0 aliphatic heterocycles. The fourth-order valence-electron chi connectivity index (χ4n) is 2.57. The Hall–Kier alpha value is -2.88. The van der Waals surface area contributed by atoms with Crippen LogP contribution in [0.1, 0.15) is 29.9 Å². The first-order valence-electron chi connectivity index (χ1n) is 8.01. The fourth-order valence-corrected chi connectivity index (χ4v) is 2.57. The second kappa shape index (κ2) is 7.13. The van der Waals surface area contributed by atoms with E-state index in [-0.39, 0.29) is 12.0 Å². The first kappa shape index (κ1) is 16.0. The van der Waals surface area contributed by atoms with Gasteiger partial charge in [0.25, 0.3) is 5.91 Å². The second-order valence-electron chi connectivity index (χ2n) is 5.88. The monoisotopic (exact) mass is 320 g/mol. The quantitative estimate of drug-likeness (QED) is 0.774. The molecule has 3 rings (SSSR count). The molecule has 1 aromatic heterocycles. The predicted molar refractivity (Wildman–Crippen MR) is 95.1 cm³/mol. The van der Waals surface area contributed by atoms with E-state index in [0.717, 1.165) is 22.1 Å². The number of nitrogens with one attached hydrogen (secondary N) is 1. The van der Waals surface area contributed by atoms with E-state index in [1.165, 1.54) is 0 Å². The van der Waals surface area contributed by atoms with Crippen LogP contribution in [-0.2, 0) is 6.54 Å². The van der Waals surface area contributed by atoms with Crippen molar-refractivity contribution in [2.45, 2.75) is 26.5 Å². The predicted octanol–water partition coefficient (Wildman–Crippen LogP) is 3.95. The van der Waals surface area contributed by atoms with E-state index in [4.69, 9.17) is 4.74 Å². The summed E-state index contributed by atoms with van der Waals surface area (Å²) >= 11 is 0. The molecular formula is C20H20N2O2. The SMILES string of the molecule is CC(C)Oc1cccc(CNC(=O)c2nccc3ccccc23)c1. The number of rotatable bonds is 5. The average molecular weight is 320 g/mol. The van der Waals surface area contributed by atoms with Crippen LogP contribution in [0.15, 0.2) is 60.8 Å². The molecule has 3 aromatic rings. The summed E-state index contributed by atoms with van der Waals surface area (Å²) in [7, 11) is 0. The highest BCUT2D eigenvalue weighted by atomic mass is 16.5. The Kier molecular flexibility index (Phi) is 4.75. The first-order chi connectivity index (χ1) is 11.6. The Labute approximate surface area is 141 Å². The van der Waals surface area contributed by atoms with E-state index in [0.29, 0.717) is 12.2 Å². The summed E-state index contributed by atoms with van der Waals surface area (Å²) in [4.78, 5) is 16.7. The highest BCUT2D eigenvalue weighted by Gasteiger charge is 2.11. The van der Waals surface area contributed by atoms with Crippen molar-refractivity contribution in [3.63, 3.8) is 0 Å². The number of fused-ring (bicyclic) bond motifs is 1. The molecule has 1 N–H and O–H groups in total. The van der Waals surface area contributed by atoms with Gasteiger partial charge in [-0.25, -0.2) is 0 Å². The van der Waals surface area contributed by atoms with Crippen molar-refractivity contribution < 1.29 is 9.53 Å². The Bertz CT molecular complexity index is 854. The number of carbonyl (C=O) groups excluding carboxylic acids is 1. The zero-order valence-corrected chi connectivity index (χ0v) is 13.8. The minimum absolute atomic E-state index is 0.120. The molecule has 0 spiro atoms. The molecule has 0 unspecified atom stereocenters. The zero-order valence-electron chi connectivity index (χ0n) is 13.8. The van der Waals surface area contributed by atoms with Crippen LogP contribution in [0, 0.1) is 0 Å². The summed E-state index contributed by atoms with van der Waals surface area (Å²) in [5.74, 6) is 0.627. The molecule has 24 heavy (non-hydrogen) atoms. The second-order valence-corrected chi connectivity index (χ2v) is 5.88. The summed E-state index contributed by atoms with van der Waals surface area (Å²) in [5.41, 5.74) is 1.43. The fraction of sp³-hybridized carbons (Fsp3) is 0.200. The lowest BCUT2D eigenvalue weighted by Crippen LogP contribution is -2.24. The Balaban J connectivity index is 1.73. The van der Waals surface area contributed by atoms with Gasteiger partial charge in [0.05, 0.1) is 6.10 Å². The number of hydrogen-bond donors (Lipinski definition) is 1. The molecular weight excluding hydrogens is 300 g/mol. The lowest BCUT2D eigenvalue weighted by Gasteiger charge is -2.11. The van der Waals surface area contributed by atoms with Gasteiger partial charge >= 0.3 is 0 Å². The molecule has 4 nitrogen and oxygen atoms in total. The number of hydrogen-bond acceptors (Lipinski definition) is 3. The van der Waals surface area contributed by atoms with E-state index in [1.54, 1.807) is 6.20 Å². The van der Waals surface area contributed by atoms with E-state index in [1.807, 2.05) is 68.4 Å². The van der Waals surface area contributed by atoms with E-state index >= 15 is 0 Å². The van der Waals surface area contributed by atoms with Crippen LogP contribution < -0.4 is 10.1 Å². The molecule has 0 fully saturated rings.